The molecule has 12 heavy (non-hydrogen) atoms. The Morgan fingerprint density at radius 1 is 1.00 bits per heavy atom. The second kappa shape index (κ2) is 5.82. The average molecular weight is 162 g/mol. The first kappa shape index (κ1) is 10.1. The molecular formula is C8H6N2O2. The van der Waals surface area contributed by atoms with E-state index in [9.17, 15) is 9.59 Å². The van der Waals surface area contributed by atoms with Crippen molar-refractivity contribution in [1.29, 1.82) is 10.5 Å². The first-order valence-electron chi connectivity index (χ1n) is 3.18. The predicted molar refractivity (Wildman–Crippen MR) is 39.6 cm³/mol. The third-order valence-electron chi connectivity index (χ3n) is 0.962. The van der Waals surface area contributed by atoms with Gasteiger partial charge in [0.1, 0.15) is 0 Å². The highest BCUT2D eigenvalue weighted by atomic mass is 16.1. The van der Waals surface area contributed by atoms with E-state index >= 15 is 0 Å². The van der Waals surface area contributed by atoms with E-state index in [-0.39, 0.29) is 12.8 Å². The first-order chi connectivity index (χ1) is 5.70. The van der Waals surface area contributed by atoms with E-state index in [0.717, 1.165) is 12.2 Å². The van der Waals surface area contributed by atoms with Crippen molar-refractivity contribution in [2.75, 3.05) is 0 Å². The maximum absolute atomic E-state index is 10.6. The van der Waals surface area contributed by atoms with Crippen molar-refractivity contribution in [2.45, 2.75) is 12.8 Å². The summed E-state index contributed by atoms with van der Waals surface area (Å²) in [6.07, 6.45) is 1.55. The molecule has 0 radical (unpaired) electrons. The summed E-state index contributed by atoms with van der Waals surface area (Å²) < 4.78 is 0. The van der Waals surface area contributed by atoms with Gasteiger partial charge in [-0.2, -0.15) is 10.5 Å². The van der Waals surface area contributed by atoms with Gasteiger partial charge in [-0.05, 0) is 12.2 Å². The summed E-state index contributed by atoms with van der Waals surface area (Å²) in [6.45, 7) is 0. The Balaban J connectivity index is 3.93. The van der Waals surface area contributed by atoms with Gasteiger partial charge in [-0.15, -0.1) is 0 Å². The van der Waals surface area contributed by atoms with Gasteiger partial charge in [-0.25, -0.2) is 0 Å². The molecule has 0 aliphatic rings. The maximum atomic E-state index is 10.6. The number of allylic oxidation sites excluding steroid dienone is 2. The van der Waals surface area contributed by atoms with Crippen LogP contribution in [0.4, 0.5) is 0 Å². The molecule has 0 aromatic heterocycles. The van der Waals surface area contributed by atoms with Gasteiger partial charge >= 0.3 is 0 Å². The van der Waals surface area contributed by atoms with Gasteiger partial charge in [-0.3, -0.25) is 9.59 Å². The molecular weight excluding hydrogens is 156 g/mol. The van der Waals surface area contributed by atoms with Crippen LogP contribution in [0.3, 0.4) is 0 Å². The minimum Gasteiger partial charge on any atom is -0.294 e. The summed E-state index contributed by atoms with van der Waals surface area (Å²) in [5.41, 5.74) is 0. The second-order valence-corrected chi connectivity index (χ2v) is 1.94. The van der Waals surface area contributed by atoms with Gasteiger partial charge in [0.25, 0.3) is 0 Å². The van der Waals surface area contributed by atoms with Crippen LogP contribution in [0.2, 0.25) is 0 Å². The Morgan fingerprint density at radius 3 is 1.58 bits per heavy atom. The number of nitrogens with zero attached hydrogens (tertiary/aromatic N) is 2. The van der Waals surface area contributed by atoms with Crippen LogP contribution in [-0.4, -0.2) is 11.6 Å². The van der Waals surface area contributed by atoms with E-state index < -0.39 is 11.6 Å². The molecule has 0 rings (SSSR count). The molecule has 0 amide bonds. The molecule has 0 spiro atoms. The number of hydrogen-bond acceptors (Lipinski definition) is 4. The van der Waals surface area contributed by atoms with Gasteiger partial charge < -0.3 is 0 Å². The normalized spacial score (nSPS) is 8.83. The number of nitriles is 2. The fourth-order valence-electron chi connectivity index (χ4n) is 0.460. The van der Waals surface area contributed by atoms with E-state index in [1.54, 1.807) is 12.1 Å². The Morgan fingerprint density at radius 2 is 1.33 bits per heavy atom. The van der Waals surface area contributed by atoms with Crippen molar-refractivity contribution in [3.63, 3.8) is 0 Å². The molecule has 0 unspecified atom stereocenters. The molecule has 0 atom stereocenters. The van der Waals surface area contributed by atoms with E-state index in [4.69, 9.17) is 10.5 Å². The zero-order valence-electron chi connectivity index (χ0n) is 6.28. The fourth-order valence-corrected chi connectivity index (χ4v) is 0.460. The van der Waals surface area contributed by atoms with Gasteiger partial charge in [-0.1, -0.05) is 0 Å². The lowest BCUT2D eigenvalue weighted by Crippen LogP contribution is -1.94. The van der Waals surface area contributed by atoms with Gasteiger partial charge in [0.15, 0.2) is 11.6 Å². The van der Waals surface area contributed by atoms with Crippen LogP contribution in [0.1, 0.15) is 12.8 Å². The molecule has 0 N–H and O–H groups in total. The molecule has 4 nitrogen and oxygen atoms in total. The van der Waals surface area contributed by atoms with Gasteiger partial charge in [0.2, 0.25) is 0 Å². The van der Waals surface area contributed by atoms with Crippen molar-refractivity contribution in [3.8, 4) is 12.1 Å². The summed E-state index contributed by atoms with van der Waals surface area (Å²) in [4.78, 5) is 21.2. The van der Waals surface area contributed by atoms with Crippen LogP contribution in [0, 0.1) is 22.7 Å². The third-order valence-corrected chi connectivity index (χ3v) is 0.962. The Kier molecular flexibility index (Phi) is 4.88. The topological polar surface area (TPSA) is 81.7 Å². The van der Waals surface area contributed by atoms with Crippen LogP contribution in [-0.2, 0) is 9.59 Å². The lowest BCUT2D eigenvalue weighted by atomic mass is 10.2. The Bertz CT molecular complexity index is 261. The highest BCUT2D eigenvalue weighted by molar-refractivity contribution is 5.99. The molecule has 0 fully saturated rings. The molecule has 0 aromatic rings. The Hall–Kier alpha value is -1.94. The zero-order chi connectivity index (χ0) is 9.40. The lowest BCUT2D eigenvalue weighted by Gasteiger charge is -1.82. The summed E-state index contributed by atoms with van der Waals surface area (Å²) in [5, 5.41) is 16.1. The van der Waals surface area contributed by atoms with E-state index in [1.807, 2.05) is 0 Å². The summed E-state index contributed by atoms with van der Waals surface area (Å²) in [5.74, 6) is -0.854. The van der Waals surface area contributed by atoms with Crippen molar-refractivity contribution in [1.82, 2.24) is 0 Å². The van der Waals surface area contributed by atoms with Gasteiger partial charge in [0.05, 0.1) is 25.0 Å². The largest absolute Gasteiger partial charge is 0.294 e. The molecule has 0 aliphatic carbocycles. The smallest absolute Gasteiger partial charge is 0.169 e. The fraction of sp³-hybridized carbons (Fsp3) is 0.250. The Labute approximate surface area is 69.7 Å². The highest BCUT2D eigenvalue weighted by Gasteiger charge is 1.97. The maximum Gasteiger partial charge on any atom is 0.169 e. The molecule has 0 heterocycles. The number of ketones is 2. The van der Waals surface area contributed by atoms with E-state index in [2.05, 4.69) is 0 Å². The zero-order valence-corrected chi connectivity index (χ0v) is 6.28. The van der Waals surface area contributed by atoms with E-state index in [0.29, 0.717) is 0 Å². The molecule has 0 saturated carbocycles. The quantitative estimate of drug-likeness (QED) is 0.564. The number of rotatable bonds is 4. The molecule has 0 aliphatic heterocycles. The van der Waals surface area contributed by atoms with Crippen LogP contribution in [0.5, 0.6) is 0 Å². The van der Waals surface area contributed by atoms with Crippen molar-refractivity contribution in [2.24, 2.45) is 0 Å². The van der Waals surface area contributed by atoms with Crippen LogP contribution < -0.4 is 0 Å². The summed E-state index contributed by atoms with van der Waals surface area (Å²) in [7, 11) is 0. The summed E-state index contributed by atoms with van der Waals surface area (Å²) in [6, 6.07) is 3.29. The monoisotopic (exact) mass is 162 g/mol. The SMILES string of the molecule is N#CCC(=O)/C=C/C(=O)CC#N. The van der Waals surface area contributed by atoms with Crippen molar-refractivity contribution >= 4 is 11.6 Å². The molecule has 0 aromatic carbocycles. The summed E-state index contributed by atoms with van der Waals surface area (Å²) >= 11 is 0. The third kappa shape index (κ3) is 4.89. The standard InChI is InChI=1S/C8H6N2O2/c9-5-3-7(11)1-2-8(12)4-6-10/h1-2H,3-4H2/b2-1+. The lowest BCUT2D eigenvalue weighted by molar-refractivity contribution is -0.115. The molecule has 60 valence electrons. The van der Waals surface area contributed by atoms with Crippen LogP contribution >= 0.6 is 0 Å². The minimum absolute atomic E-state index is 0.240. The molecule has 0 bridgehead atoms. The predicted octanol–water partition coefficient (Wildman–Crippen LogP) is 0.508. The van der Waals surface area contributed by atoms with E-state index in [1.165, 1.54) is 0 Å². The average Bonchev–Trinajstić information content (AvgIpc) is 2.02. The van der Waals surface area contributed by atoms with Crippen LogP contribution in [0.15, 0.2) is 12.2 Å². The van der Waals surface area contributed by atoms with Gasteiger partial charge in [0, 0.05) is 0 Å². The molecule has 0 saturated heterocycles. The van der Waals surface area contributed by atoms with Crippen molar-refractivity contribution < 1.29 is 9.59 Å². The van der Waals surface area contributed by atoms with Crippen molar-refractivity contribution in [3.05, 3.63) is 12.2 Å². The number of carbonyl (C=O) groups is 2. The second-order valence-electron chi connectivity index (χ2n) is 1.94. The minimum atomic E-state index is -0.427. The number of hydrogen-bond donors (Lipinski definition) is 0. The molecule has 4 heteroatoms. The first-order valence-corrected chi connectivity index (χ1v) is 3.18. The number of carbonyl (C=O) groups excluding carboxylic acids is 2. The highest BCUT2D eigenvalue weighted by Crippen LogP contribution is 1.87. The van der Waals surface area contributed by atoms with Crippen LogP contribution in [0.25, 0.3) is 0 Å².